The van der Waals surface area contributed by atoms with E-state index in [4.69, 9.17) is 4.98 Å². The zero-order valence-electron chi connectivity index (χ0n) is 14.6. The topological polar surface area (TPSA) is 16.1 Å². The molecule has 3 aliphatic rings. The molecular weight excluding hydrogens is 304 g/mol. The highest BCUT2D eigenvalue weighted by molar-refractivity contribution is 5.84. The smallest absolute Gasteiger partial charge is 0.0622 e. The van der Waals surface area contributed by atoms with E-state index in [1.54, 1.807) is 11.1 Å². The molecule has 2 atom stereocenters. The molecule has 6 rings (SSSR count). The summed E-state index contributed by atoms with van der Waals surface area (Å²) in [7, 11) is 0. The summed E-state index contributed by atoms with van der Waals surface area (Å²) in [6.45, 7) is 2.19. The summed E-state index contributed by atoms with van der Waals surface area (Å²) >= 11 is 0. The van der Waals surface area contributed by atoms with Crippen LogP contribution in [0.3, 0.4) is 0 Å². The van der Waals surface area contributed by atoms with Gasteiger partial charge < -0.3 is 0 Å². The fourth-order valence-corrected chi connectivity index (χ4v) is 4.80. The van der Waals surface area contributed by atoms with Gasteiger partial charge in [0.15, 0.2) is 0 Å². The van der Waals surface area contributed by atoms with E-state index >= 15 is 0 Å². The minimum Gasteiger partial charge on any atom is -0.294 e. The highest BCUT2D eigenvalue weighted by Gasteiger charge is 2.32. The van der Waals surface area contributed by atoms with Crippen LogP contribution < -0.4 is 0 Å². The van der Waals surface area contributed by atoms with Crippen molar-refractivity contribution in [2.75, 3.05) is 6.54 Å². The molecule has 1 saturated heterocycles. The maximum absolute atomic E-state index is 4.74. The normalized spacial score (nSPS) is 23.2. The molecule has 1 aliphatic carbocycles. The quantitative estimate of drug-likeness (QED) is 0.683. The number of piperidine rings is 1. The third kappa shape index (κ3) is 2.85. The van der Waals surface area contributed by atoms with Crippen molar-refractivity contribution < 1.29 is 0 Å². The van der Waals surface area contributed by atoms with Gasteiger partial charge in [0.2, 0.25) is 0 Å². The second kappa shape index (κ2) is 6.27. The molecule has 2 aromatic carbocycles. The van der Waals surface area contributed by atoms with Gasteiger partial charge in [-0.2, -0.15) is 0 Å². The predicted molar refractivity (Wildman–Crippen MR) is 103 cm³/mol. The molecule has 3 heterocycles. The van der Waals surface area contributed by atoms with Crippen LogP contribution in [0.15, 0.2) is 60.8 Å². The molecule has 0 saturated carbocycles. The Morgan fingerprint density at radius 1 is 0.880 bits per heavy atom. The second-order valence-electron chi connectivity index (χ2n) is 7.68. The van der Waals surface area contributed by atoms with Gasteiger partial charge in [0, 0.05) is 30.7 Å². The molecule has 25 heavy (non-hydrogen) atoms. The van der Waals surface area contributed by atoms with Crippen molar-refractivity contribution in [3.05, 3.63) is 77.6 Å². The van der Waals surface area contributed by atoms with E-state index in [1.807, 2.05) is 6.20 Å². The van der Waals surface area contributed by atoms with Crippen molar-refractivity contribution >= 4 is 10.8 Å². The van der Waals surface area contributed by atoms with Gasteiger partial charge in [-0.15, -0.1) is 0 Å². The monoisotopic (exact) mass is 328 g/mol. The molecule has 2 heteroatoms. The maximum atomic E-state index is 4.74. The Morgan fingerprint density at radius 2 is 1.68 bits per heavy atom. The summed E-state index contributed by atoms with van der Waals surface area (Å²) in [5.41, 5.74) is 4.38. The number of fused-ring (bicyclic) bond motifs is 3. The van der Waals surface area contributed by atoms with Gasteiger partial charge in [-0.05, 0) is 54.2 Å². The molecular formula is C23H24N2. The Bertz CT molecular complexity index is 896. The number of benzene rings is 2. The third-order valence-electron chi connectivity index (χ3n) is 6.11. The summed E-state index contributed by atoms with van der Waals surface area (Å²) in [5.74, 6) is 0.785. The molecule has 0 unspecified atom stereocenters. The first-order valence-electron chi connectivity index (χ1n) is 9.50. The largest absolute Gasteiger partial charge is 0.294 e. The molecule has 2 bridgehead atoms. The summed E-state index contributed by atoms with van der Waals surface area (Å²) in [4.78, 5) is 7.45. The second-order valence-corrected chi connectivity index (χ2v) is 7.68. The van der Waals surface area contributed by atoms with Crippen molar-refractivity contribution in [2.24, 2.45) is 5.92 Å². The number of hydrogen-bond acceptors (Lipinski definition) is 2. The van der Waals surface area contributed by atoms with E-state index < -0.39 is 0 Å². The van der Waals surface area contributed by atoms with Crippen molar-refractivity contribution in [1.29, 1.82) is 0 Å². The van der Waals surface area contributed by atoms with Crippen LogP contribution in [-0.4, -0.2) is 22.5 Å². The lowest BCUT2D eigenvalue weighted by molar-refractivity contribution is 0.0930. The molecule has 1 aromatic heterocycles. The first-order chi connectivity index (χ1) is 12.4. The fourth-order valence-electron chi connectivity index (χ4n) is 4.80. The Kier molecular flexibility index (Phi) is 3.79. The molecule has 0 radical (unpaired) electrons. The lowest BCUT2D eigenvalue weighted by atomic mass is 9.80. The van der Waals surface area contributed by atoms with Gasteiger partial charge in [-0.25, -0.2) is 0 Å². The molecule has 2 nitrogen and oxygen atoms in total. The minimum absolute atomic E-state index is 0.651. The highest BCUT2D eigenvalue weighted by Crippen LogP contribution is 2.33. The fraction of sp³-hybridized carbons (Fsp3) is 0.348. The van der Waals surface area contributed by atoms with Crippen molar-refractivity contribution in [2.45, 2.75) is 38.3 Å². The Morgan fingerprint density at radius 3 is 2.60 bits per heavy atom. The lowest BCUT2D eigenvalue weighted by Crippen LogP contribution is -2.46. The zero-order chi connectivity index (χ0) is 16.6. The number of hydrogen-bond donors (Lipinski definition) is 0. The SMILES string of the molecule is c1ccc2c(c1)C[C@H]1CC[C@@H](C2)N(Cc2nccc3ccccc23)C1. The van der Waals surface area contributed by atoms with Crippen LogP contribution in [0.1, 0.15) is 29.7 Å². The lowest BCUT2D eigenvalue weighted by Gasteiger charge is -2.42. The summed E-state index contributed by atoms with van der Waals surface area (Å²) in [5, 5.41) is 2.61. The van der Waals surface area contributed by atoms with Crippen molar-refractivity contribution in [3.8, 4) is 0 Å². The Hall–Kier alpha value is -2.19. The van der Waals surface area contributed by atoms with Gasteiger partial charge in [-0.1, -0.05) is 48.5 Å². The van der Waals surface area contributed by atoms with E-state index in [9.17, 15) is 0 Å². The highest BCUT2D eigenvalue weighted by atomic mass is 15.2. The molecule has 126 valence electrons. The van der Waals surface area contributed by atoms with Gasteiger partial charge in [0.05, 0.1) is 5.69 Å². The van der Waals surface area contributed by atoms with Crippen LogP contribution in [0.2, 0.25) is 0 Å². The van der Waals surface area contributed by atoms with Crippen LogP contribution in [0.4, 0.5) is 0 Å². The molecule has 2 aliphatic heterocycles. The van der Waals surface area contributed by atoms with Crippen LogP contribution >= 0.6 is 0 Å². The number of aromatic nitrogens is 1. The van der Waals surface area contributed by atoms with E-state index in [1.165, 1.54) is 48.7 Å². The number of rotatable bonds is 2. The molecule has 3 aromatic rings. The van der Waals surface area contributed by atoms with Crippen LogP contribution in [0, 0.1) is 5.92 Å². The van der Waals surface area contributed by atoms with Gasteiger partial charge in [0.25, 0.3) is 0 Å². The number of nitrogens with zero attached hydrogens (tertiary/aromatic N) is 2. The Labute approximate surface area is 149 Å². The minimum atomic E-state index is 0.651. The number of pyridine rings is 1. The van der Waals surface area contributed by atoms with Crippen molar-refractivity contribution in [3.63, 3.8) is 0 Å². The van der Waals surface area contributed by atoms with E-state index in [2.05, 4.69) is 59.5 Å². The van der Waals surface area contributed by atoms with Gasteiger partial charge in [0.1, 0.15) is 0 Å². The zero-order valence-corrected chi connectivity index (χ0v) is 14.6. The van der Waals surface area contributed by atoms with Gasteiger partial charge >= 0.3 is 0 Å². The molecule has 0 spiro atoms. The third-order valence-corrected chi connectivity index (χ3v) is 6.11. The first kappa shape index (κ1) is 15.1. The summed E-state index contributed by atoms with van der Waals surface area (Å²) in [6.07, 6.45) is 7.09. The molecule has 0 N–H and O–H groups in total. The van der Waals surface area contributed by atoms with Crippen LogP contribution in [0.25, 0.3) is 10.8 Å². The standard InChI is InChI=1S/C23H24N2/c1-2-7-20-14-21-10-9-17(13-19(20)6-1)15-25(21)16-23-22-8-4-3-5-18(22)11-12-24-23/h1-8,11-12,17,21H,9-10,13-16H2/t17-,21+/m1/s1. The first-order valence-corrected chi connectivity index (χ1v) is 9.50. The Balaban J connectivity index is 1.47. The average Bonchev–Trinajstić information content (AvgIpc) is 2.63. The molecule has 0 amide bonds. The van der Waals surface area contributed by atoms with E-state index in [0.29, 0.717) is 6.04 Å². The van der Waals surface area contributed by atoms with E-state index in [0.717, 1.165) is 12.5 Å². The summed E-state index contributed by atoms with van der Waals surface area (Å²) in [6, 6.07) is 20.5. The molecule has 1 fully saturated rings. The average molecular weight is 328 g/mol. The maximum Gasteiger partial charge on any atom is 0.0622 e. The van der Waals surface area contributed by atoms with Gasteiger partial charge in [-0.3, -0.25) is 9.88 Å². The van der Waals surface area contributed by atoms with Crippen molar-refractivity contribution in [1.82, 2.24) is 9.88 Å². The van der Waals surface area contributed by atoms with Crippen LogP contribution in [0.5, 0.6) is 0 Å². The van der Waals surface area contributed by atoms with Crippen LogP contribution in [-0.2, 0) is 19.4 Å². The van der Waals surface area contributed by atoms with E-state index in [-0.39, 0.29) is 0 Å². The summed E-state index contributed by atoms with van der Waals surface area (Å²) < 4.78 is 0. The predicted octanol–water partition coefficient (Wildman–Crippen LogP) is 4.61.